The predicted molar refractivity (Wildman–Crippen MR) is 142 cm³/mol. The Morgan fingerprint density at radius 1 is 1.14 bits per heavy atom. The topological polar surface area (TPSA) is 250 Å². The fraction of sp³-hybridized carbons (Fsp3) is 0.536. The molecule has 0 saturated carbocycles. The van der Waals surface area contributed by atoms with Gasteiger partial charge in [0.05, 0.1) is 17.4 Å². The van der Waals surface area contributed by atoms with Gasteiger partial charge in [0.25, 0.3) is 5.91 Å². The molecule has 1 aromatic carbocycles. The summed E-state index contributed by atoms with van der Waals surface area (Å²) >= 11 is 0. The Balaban J connectivity index is 1.29. The summed E-state index contributed by atoms with van der Waals surface area (Å²) in [5, 5.41) is 63.2. The van der Waals surface area contributed by atoms with Crippen LogP contribution in [-0.4, -0.2) is 121 Å². The number of nitrogens with one attached hydrogen (secondary N) is 1. The highest BCUT2D eigenvalue weighted by Crippen LogP contribution is 2.65. The molecule has 44 heavy (non-hydrogen) atoms. The van der Waals surface area contributed by atoms with Crippen molar-refractivity contribution in [1.82, 2.24) is 10.2 Å². The van der Waals surface area contributed by atoms with Gasteiger partial charge in [-0.1, -0.05) is 6.07 Å². The van der Waals surface area contributed by atoms with Crippen molar-refractivity contribution in [1.29, 1.82) is 0 Å². The minimum absolute atomic E-state index is 0.0333. The molecule has 1 spiro atoms. The minimum Gasteiger partial charge on any atom is -0.504 e. The highest BCUT2D eigenvalue weighted by molar-refractivity contribution is 5.91. The summed E-state index contributed by atoms with van der Waals surface area (Å²) in [5.74, 6) is -7.59. The molecule has 0 aromatic heterocycles. The fourth-order valence-corrected chi connectivity index (χ4v) is 6.83. The number of carbonyl (C=O) groups excluding carboxylic acids is 3. The van der Waals surface area contributed by atoms with Crippen molar-refractivity contribution in [3.63, 3.8) is 0 Å². The number of nitrogens with zero attached hydrogens (tertiary/aromatic N) is 1. The smallest absolute Gasteiger partial charge is 0.343 e. The number of aliphatic hydroxyl groups excluding tert-OH is 2. The minimum atomic E-state index is -2.54. The van der Waals surface area contributed by atoms with Crippen LogP contribution in [0.15, 0.2) is 24.0 Å². The number of hydrogen-bond acceptors (Lipinski definition) is 13. The lowest BCUT2D eigenvalue weighted by Gasteiger charge is -2.61. The third kappa shape index (κ3) is 4.74. The van der Waals surface area contributed by atoms with Crippen LogP contribution in [0.25, 0.3) is 0 Å². The Bertz CT molecular complexity index is 1460. The number of aliphatic hydroxyl groups is 3. The van der Waals surface area contributed by atoms with Crippen molar-refractivity contribution in [2.75, 3.05) is 13.6 Å². The number of piperidine rings is 1. The molecule has 2 aliphatic carbocycles. The van der Waals surface area contributed by atoms with E-state index in [1.54, 1.807) is 6.07 Å². The van der Waals surface area contributed by atoms with Crippen LogP contribution in [0.2, 0.25) is 0 Å². The number of carbonyl (C=O) groups is 5. The Kier molecular flexibility index (Phi) is 7.82. The van der Waals surface area contributed by atoms with Gasteiger partial charge in [-0.3, -0.25) is 9.59 Å². The van der Waals surface area contributed by atoms with Gasteiger partial charge in [-0.15, -0.1) is 0 Å². The van der Waals surface area contributed by atoms with Gasteiger partial charge in [0.15, 0.2) is 35.9 Å². The molecule has 1 aromatic rings. The van der Waals surface area contributed by atoms with Crippen molar-refractivity contribution in [3.8, 4) is 11.5 Å². The largest absolute Gasteiger partial charge is 0.504 e. The Hall–Kier alpha value is -4.25. The molecule has 1 fully saturated rings. The summed E-state index contributed by atoms with van der Waals surface area (Å²) in [4.78, 5) is 61.6. The lowest BCUT2D eigenvalue weighted by molar-refractivity contribution is -0.181. The van der Waals surface area contributed by atoms with E-state index in [-0.39, 0.29) is 29.7 Å². The van der Waals surface area contributed by atoms with E-state index in [1.165, 1.54) is 12.1 Å². The first-order valence-electron chi connectivity index (χ1n) is 13.8. The molecule has 0 unspecified atom stereocenters. The predicted octanol–water partition coefficient (Wildman–Crippen LogP) is -2.09. The zero-order chi connectivity index (χ0) is 32.3. The summed E-state index contributed by atoms with van der Waals surface area (Å²) in [6, 6.07) is 1.10. The Morgan fingerprint density at radius 3 is 2.48 bits per heavy atom. The summed E-state index contributed by atoms with van der Waals surface area (Å²) < 4.78 is 16.3. The summed E-state index contributed by atoms with van der Waals surface area (Å²) in [6.45, 7) is 1.56. The normalized spacial score (nSPS) is 29.1. The van der Waals surface area contributed by atoms with Gasteiger partial charge in [0.2, 0.25) is 0 Å². The molecular weight excluding hydrogens is 588 g/mol. The summed E-state index contributed by atoms with van der Waals surface area (Å²) in [7, 11) is 1.90. The molecule has 2 bridgehead atoms. The number of benzene rings is 1. The second-order valence-electron chi connectivity index (χ2n) is 11.5. The maximum absolute atomic E-state index is 12.9. The third-order valence-corrected chi connectivity index (χ3v) is 9.01. The first kappa shape index (κ1) is 31.2. The van der Waals surface area contributed by atoms with Crippen LogP contribution in [0.4, 0.5) is 0 Å². The van der Waals surface area contributed by atoms with E-state index >= 15 is 0 Å². The van der Waals surface area contributed by atoms with Gasteiger partial charge in [0.1, 0.15) is 11.8 Å². The van der Waals surface area contributed by atoms with Crippen molar-refractivity contribution >= 4 is 29.8 Å². The molecule has 2 heterocycles. The zero-order valence-electron chi connectivity index (χ0n) is 23.6. The van der Waals surface area contributed by atoms with Gasteiger partial charge in [0, 0.05) is 18.0 Å². The Morgan fingerprint density at radius 2 is 1.82 bits per heavy atom. The number of likely N-dealkylation sites (tertiary alicyclic amines) is 1. The number of rotatable bonds is 10. The van der Waals surface area contributed by atoms with Crippen molar-refractivity contribution in [2.24, 2.45) is 0 Å². The molecule has 238 valence electrons. The number of hydrogen-bond donors (Lipinski definition) is 7. The van der Waals surface area contributed by atoms with Gasteiger partial charge in [-0.25, -0.2) is 14.4 Å². The summed E-state index contributed by atoms with van der Waals surface area (Å²) in [6.07, 6.45) is -6.49. The molecule has 1 saturated heterocycles. The molecule has 16 heteroatoms. The SMILES string of the molecule is C[C@H](OC(=O)[C@H](O)[C@@H](O)C(=O)OC1=CC[C@@]2(O)[C@H]3Cc4ccc(O)c5c4[C@@]2(CCN3C)[C@H]1O5)C(=O)N[C@@H](CC(=O)O)C(=O)O. The van der Waals surface area contributed by atoms with E-state index in [1.807, 2.05) is 17.3 Å². The average molecular weight is 621 g/mol. The van der Waals surface area contributed by atoms with Crippen LogP contribution >= 0.6 is 0 Å². The quantitative estimate of drug-likeness (QED) is 0.139. The van der Waals surface area contributed by atoms with E-state index < -0.39 is 77.7 Å². The number of esters is 2. The standard InChI is InChI=1S/C28H32N2O14/c1-11(23(36)29-13(24(37)38)10-17(32)33)42-25(39)19(34)20(35)26(40)43-15-5-6-28(41)16-9-12-3-4-14(31)21-18(12)27(28,22(15)44-21)7-8-30(16)2/h3-5,11,13,16,19-20,22,31,34-35,41H,6-10H2,1-2H3,(H,29,36)(H,32,33)(H,37,38)/t11-,13-,16+,19+,20+,22-,27-,28+/m0/s1. The van der Waals surface area contributed by atoms with E-state index in [0.717, 1.165) is 12.5 Å². The number of carboxylic acid groups (broad SMARTS) is 2. The number of aliphatic carboxylic acids is 2. The number of phenolic OH excluding ortho intramolecular Hbond substituents is 1. The lowest BCUT2D eigenvalue weighted by atomic mass is 9.50. The van der Waals surface area contributed by atoms with Crippen LogP contribution in [0, 0.1) is 0 Å². The molecule has 0 radical (unpaired) electrons. The van der Waals surface area contributed by atoms with E-state index in [9.17, 15) is 44.4 Å². The second-order valence-corrected chi connectivity index (χ2v) is 11.5. The summed E-state index contributed by atoms with van der Waals surface area (Å²) in [5.41, 5.74) is -0.963. The van der Waals surface area contributed by atoms with Crippen LogP contribution in [0.5, 0.6) is 11.5 Å². The van der Waals surface area contributed by atoms with E-state index in [0.29, 0.717) is 24.9 Å². The van der Waals surface area contributed by atoms with Crippen molar-refractivity contribution in [3.05, 3.63) is 35.1 Å². The highest BCUT2D eigenvalue weighted by Gasteiger charge is 2.72. The number of aromatic hydroxyl groups is 1. The molecule has 4 aliphatic rings. The number of likely N-dealkylation sites (N-methyl/N-ethyl adjacent to an activating group) is 1. The highest BCUT2D eigenvalue weighted by atomic mass is 16.6. The molecule has 16 nitrogen and oxygen atoms in total. The van der Waals surface area contributed by atoms with Gasteiger partial charge in [-0.2, -0.15) is 0 Å². The molecule has 2 aliphatic heterocycles. The number of phenols is 1. The molecular formula is C28H32N2O14. The number of amides is 1. The van der Waals surface area contributed by atoms with E-state index in [2.05, 4.69) is 0 Å². The Labute approximate surface area is 249 Å². The van der Waals surface area contributed by atoms with E-state index in [4.69, 9.17) is 24.4 Å². The first-order valence-corrected chi connectivity index (χ1v) is 13.8. The van der Waals surface area contributed by atoms with Crippen LogP contribution in [-0.2, 0) is 45.3 Å². The van der Waals surface area contributed by atoms with Crippen molar-refractivity contribution < 1.29 is 68.8 Å². The fourth-order valence-electron chi connectivity index (χ4n) is 6.83. The monoisotopic (exact) mass is 620 g/mol. The van der Waals surface area contributed by atoms with Crippen molar-refractivity contribution in [2.45, 2.75) is 80.1 Å². The molecule has 1 amide bonds. The maximum atomic E-state index is 12.9. The van der Waals surface area contributed by atoms with Gasteiger partial charge in [-0.05, 0) is 51.1 Å². The molecule has 7 N–H and O–H groups in total. The first-order chi connectivity index (χ1) is 20.6. The van der Waals surface area contributed by atoms with Gasteiger partial charge >= 0.3 is 23.9 Å². The molecule has 8 atom stereocenters. The number of ether oxygens (including phenoxy) is 3. The average Bonchev–Trinajstić information content (AvgIpc) is 3.32. The maximum Gasteiger partial charge on any atom is 0.343 e. The third-order valence-electron chi connectivity index (χ3n) is 9.01. The lowest BCUT2D eigenvalue weighted by Crippen LogP contribution is -2.74. The van der Waals surface area contributed by atoms with Crippen LogP contribution in [0.3, 0.4) is 0 Å². The zero-order valence-corrected chi connectivity index (χ0v) is 23.6. The molecule has 5 rings (SSSR count). The van der Waals surface area contributed by atoms with Crippen LogP contribution in [0.1, 0.15) is 37.3 Å². The second kappa shape index (κ2) is 11.0. The van der Waals surface area contributed by atoms with Gasteiger partial charge < -0.3 is 55.1 Å². The van der Waals surface area contributed by atoms with Crippen LogP contribution < -0.4 is 10.1 Å². The number of carboxylic acids is 2.